The zero-order valence-electron chi connectivity index (χ0n) is 11.7. The minimum absolute atomic E-state index is 0.520. The zero-order valence-corrected chi connectivity index (χ0v) is 11.7. The Morgan fingerprint density at radius 2 is 1.82 bits per heavy atom. The number of hydrogen-bond acceptors (Lipinski definition) is 3. The molecule has 0 aromatic carbocycles. The highest BCUT2D eigenvalue weighted by Gasteiger charge is 2.17. The smallest absolute Gasteiger partial charge is 0.0595 e. The molecule has 102 valence electrons. The summed E-state index contributed by atoms with van der Waals surface area (Å²) in [5.74, 6) is 0. The van der Waals surface area contributed by atoms with Crippen molar-refractivity contribution in [2.24, 2.45) is 0 Å². The van der Waals surface area contributed by atoms with Crippen LogP contribution in [-0.4, -0.2) is 50.8 Å². The van der Waals surface area contributed by atoms with Crippen molar-refractivity contribution in [3.8, 4) is 0 Å². The van der Waals surface area contributed by atoms with Gasteiger partial charge in [0.05, 0.1) is 6.10 Å². The van der Waals surface area contributed by atoms with Crippen LogP contribution in [0.4, 0.5) is 0 Å². The average Bonchev–Trinajstić information content (AvgIpc) is 2.38. The number of rotatable bonds is 9. The van der Waals surface area contributed by atoms with E-state index in [9.17, 15) is 0 Å². The average molecular weight is 242 g/mol. The van der Waals surface area contributed by atoms with Crippen molar-refractivity contribution < 1.29 is 4.74 Å². The van der Waals surface area contributed by atoms with Crippen molar-refractivity contribution in [1.29, 1.82) is 0 Å². The van der Waals surface area contributed by atoms with E-state index in [0.29, 0.717) is 6.10 Å². The van der Waals surface area contributed by atoms with Crippen molar-refractivity contribution in [3.05, 3.63) is 0 Å². The number of methoxy groups -OCH3 is 1. The normalized spacial score (nSPS) is 18.7. The van der Waals surface area contributed by atoms with Crippen molar-refractivity contribution in [2.45, 2.75) is 51.6 Å². The summed E-state index contributed by atoms with van der Waals surface area (Å²) < 4.78 is 5.39. The third kappa shape index (κ3) is 7.02. The van der Waals surface area contributed by atoms with Gasteiger partial charge in [0.15, 0.2) is 0 Å². The van der Waals surface area contributed by atoms with Crippen LogP contribution in [0.25, 0.3) is 0 Å². The lowest BCUT2D eigenvalue weighted by Gasteiger charge is -2.31. The van der Waals surface area contributed by atoms with Crippen LogP contribution >= 0.6 is 0 Å². The molecule has 17 heavy (non-hydrogen) atoms. The van der Waals surface area contributed by atoms with E-state index in [-0.39, 0.29) is 0 Å². The second-order valence-corrected chi connectivity index (χ2v) is 5.04. The summed E-state index contributed by atoms with van der Waals surface area (Å²) in [5, 5.41) is 3.38. The SMILES string of the molecule is CCNCCCCCCN1CCC(OC)CC1. The number of hydrogen-bond donors (Lipinski definition) is 1. The van der Waals surface area contributed by atoms with Gasteiger partial charge in [-0.2, -0.15) is 0 Å². The fourth-order valence-electron chi connectivity index (χ4n) is 2.48. The Morgan fingerprint density at radius 3 is 2.47 bits per heavy atom. The van der Waals surface area contributed by atoms with Gasteiger partial charge in [0.1, 0.15) is 0 Å². The molecule has 3 heteroatoms. The Labute approximate surface area is 107 Å². The summed E-state index contributed by atoms with van der Waals surface area (Å²) in [4.78, 5) is 2.60. The zero-order chi connectivity index (χ0) is 12.3. The first-order chi connectivity index (χ1) is 8.36. The third-order valence-corrected chi connectivity index (χ3v) is 3.70. The van der Waals surface area contributed by atoms with E-state index in [1.807, 2.05) is 7.11 Å². The van der Waals surface area contributed by atoms with Crippen LogP contribution in [0.1, 0.15) is 45.4 Å². The molecule has 0 unspecified atom stereocenters. The highest BCUT2D eigenvalue weighted by Crippen LogP contribution is 2.13. The standard InChI is InChI=1S/C14H30N2O/c1-3-15-10-6-4-5-7-11-16-12-8-14(17-2)9-13-16/h14-15H,3-13H2,1-2H3. The van der Waals surface area contributed by atoms with Crippen LogP contribution in [0.5, 0.6) is 0 Å². The lowest BCUT2D eigenvalue weighted by Crippen LogP contribution is -2.37. The minimum Gasteiger partial charge on any atom is -0.381 e. The van der Waals surface area contributed by atoms with Gasteiger partial charge in [-0.05, 0) is 45.3 Å². The van der Waals surface area contributed by atoms with Crippen molar-refractivity contribution in [3.63, 3.8) is 0 Å². The largest absolute Gasteiger partial charge is 0.381 e. The summed E-state index contributed by atoms with van der Waals surface area (Å²) in [7, 11) is 1.84. The fourth-order valence-corrected chi connectivity index (χ4v) is 2.48. The maximum Gasteiger partial charge on any atom is 0.0595 e. The second-order valence-electron chi connectivity index (χ2n) is 5.04. The fraction of sp³-hybridized carbons (Fsp3) is 1.00. The minimum atomic E-state index is 0.520. The molecular formula is C14H30N2O. The Hall–Kier alpha value is -0.120. The van der Waals surface area contributed by atoms with E-state index in [0.717, 1.165) is 6.54 Å². The number of nitrogens with one attached hydrogen (secondary N) is 1. The maximum absolute atomic E-state index is 5.39. The summed E-state index contributed by atoms with van der Waals surface area (Å²) in [6.07, 6.45) is 8.42. The summed E-state index contributed by atoms with van der Waals surface area (Å²) >= 11 is 0. The van der Waals surface area contributed by atoms with Gasteiger partial charge in [-0.15, -0.1) is 0 Å². The van der Waals surface area contributed by atoms with Gasteiger partial charge in [-0.1, -0.05) is 19.8 Å². The van der Waals surface area contributed by atoms with E-state index in [1.165, 1.54) is 64.7 Å². The molecule has 0 aromatic rings. The molecule has 1 rings (SSSR count). The molecule has 0 aromatic heterocycles. The highest BCUT2D eigenvalue weighted by atomic mass is 16.5. The molecule has 0 radical (unpaired) electrons. The van der Waals surface area contributed by atoms with Gasteiger partial charge in [0.25, 0.3) is 0 Å². The molecule has 1 aliphatic rings. The highest BCUT2D eigenvalue weighted by molar-refractivity contribution is 4.71. The van der Waals surface area contributed by atoms with Gasteiger partial charge in [-0.25, -0.2) is 0 Å². The Balaban J connectivity index is 1.87. The molecule has 0 bridgehead atoms. The molecule has 0 amide bonds. The molecule has 1 saturated heterocycles. The Kier molecular flexibility index (Phi) is 8.67. The second kappa shape index (κ2) is 9.86. The molecule has 0 aliphatic carbocycles. The Morgan fingerprint density at radius 1 is 1.12 bits per heavy atom. The van der Waals surface area contributed by atoms with E-state index in [4.69, 9.17) is 4.74 Å². The monoisotopic (exact) mass is 242 g/mol. The molecule has 0 saturated carbocycles. The molecule has 1 N–H and O–H groups in total. The van der Waals surface area contributed by atoms with Gasteiger partial charge in [0, 0.05) is 20.2 Å². The van der Waals surface area contributed by atoms with Crippen molar-refractivity contribution in [1.82, 2.24) is 10.2 Å². The Bertz CT molecular complexity index is 168. The van der Waals surface area contributed by atoms with Gasteiger partial charge in [-0.3, -0.25) is 0 Å². The van der Waals surface area contributed by atoms with E-state index >= 15 is 0 Å². The summed E-state index contributed by atoms with van der Waals surface area (Å²) in [5.41, 5.74) is 0. The van der Waals surface area contributed by atoms with E-state index in [1.54, 1.807) is 0 Å². The topological polar surface area (TPSA) is 24.5 Å². The van der Waals surface area contributed by atoms with Crippen LogP contribution in [0, 0.1) is 0 Å². The maximum atomic E-state index is 5.39. The molecular weight excluding hydrogens is 212 g/mol. The number of ether oxygens (including phenoxy) is 1. The lowest BCUT2D eigenvalue weighted by atomic mass is 10.1. The van der Waals surface area contributed by atoms with E-state index in [2.05, 4.69) is 17.1 Å². The number of piperidine rings is 1. The van der Waals surface area contributed by atoms with Crippen molar-refractivity contribution >= 4 is 0 Å². The van der Waals surface area contributed by atoms with Crippen LogP contribution in [0.3, 0.4) is 0 Å². The first-order valence-corrected chi connectivity index (χ1v) is 7.32. The number of unbranched alkanes of at least 4 members (excludes halogenated alkanes) is 3. The predicted molar refractivity (Wildman–Crippen MR) is 73.5 cm³/mol. The van der Waals surface area contributed by atoms with Crippen molar-refractivity contribution in [2.75, 3.05) is 39.8 Å². The molecule has 1 fully saturated rings. The molecule has 1 aliphatic heterocycles. The van der Waals surface area contributed by atoms with Crippen LogP contribution in [0.15, 0.2) is 0 Å². The lowest BCUT2D eigenvalue weighted by molar-refractivity contribution is 0.0407. The first kappa shape index (κ1) is 14.9. The van der Waals surface area contributed by atoms with Crippen LogP contribution < -0.4 is 5.32 Å². The van der Waals surface area contributed by atoms with Gasteiger partial charge >= 0.3 is 0 Å². The quantitative estimate of drug-likeness (QED) is 0.628. The van der Waals surface area contributed by atoms with Crippen LogP contribution in [0.2, 0.25) is 0 Å². The summed E-state index contributed by atoms with van der Waals surface area (Å²) in [6, 6.07) is 0. The first-order valence-electron chi connectivity index (χ1n) is 7.32. The molecule has 1 heterocycles. The van der Waals surface area contributed by atoms with Crippen LogP contribution in [-0.2, 0) is 4.74 Å². The number of nitrogens with zero attached hydrogens (tertiary/aromatic N) is 1. The third-order valence-electron chi connectivity index (χ3n) is 3.70. The van der Waals surface area contributed by atoms with Gasteiger partial charge in [0.2, 0.25) is 0 Å². The van der Waals surface area contributed by atoms with E-state index < -0.39 is 0 Å². The molecule has 0 spiro atoms. The summed E-state index contributed by atoms with van der Waals surface area (Å²) in [6.45, 7) is 8.22. The predicted octanol–water partition coefficient (Wildman–Crippen LogP) is 2.27. The number of likely N-dealkylation sites (tertiary alicyclic amines) is 1. The molecule has 0 atom stereocenters. The van der Waals surface area contributed by atoms with Gasteiger partial charge < -0.3 is 15.0 Å². The molecule has 3 nitrogen and oxygen atoms in total.